The summed E-state index contributed by atoms with van der Waals surface area (Å²) in [7, 11) is 1.57. The average Bonchev–Trinajstić information content (AvgIpc) is 2.99. The molecular formula is C20H22N2O6. The molecule has 8 heteroatoms. The Morgan fingerprint density at radius 1 is 1.21 bits per heavy atom. The summed E-state index contributed by atoms with van der Waals surface area (Å²) in [5.41, 5.74) is 2.75. The van der Waals surface area contributed by atoms with Crippen LogP contribution in [0.2, 0.25) is 0 Å². The summed E-state index contributed by atoms with van der Waals surface area (Å²) in [5.74, 6) is -1.39. The largest absolute Gasteiger partial charge is 0.496 e. The zero-order valence-corrected chi connectivity index (χ0v) is 16.4. The Bertz CT molecular complexity index is 920. The summed E-state index contributed by atoms with van der Waals surface area (Å²) < 4.78 is 21.1. The molecule has 1 aromatic carbocycles. The maximum atomic E-state index is 12.2. The third kappa shape index (κ3) is 3.58. The van der Waals surface area contributed by atoms with E-state index in [0.717, 1.165) is 16.8 Å². The van der Waals surface area contributed by atoms with Crippen LogP contribution in [0.15, 0.2) is 34.5 Å². The predicted molar refractivity (Wildman–Crippen MR) is 101 cm³/mol. The molecule has 2 heterocycles. The van der Waals surface area contributed by atoms with Crippen molar-refractivity contribution in [3.8, 4) is 16.9 Å². The van der Waals surface area contributed by atoms with Gasteiger partial charge in [-0.25, -0.2) is 9.59 Å². The molecule has 0 aliphatic carbocycles. The van der Waals surface area contributed by atoms with Gasteiger partial charge in [0.05, 0.1) is 18.4 Å². The van der Waals surface area contributed by atoms with Crippen molar-refractivity contribution in [3.05, 3.63) is 41.4 Å². The molecule has 0 spiro atoms. The standard InChI is InChI=1S/C20H22N2O6/c1-6-20(4)26-18(23)15(19(24)27-20)10-21-13-7-8-16(25-5)14(9-13)17-11(2)22-28-12(17)3/h7-10,21H,6H2,1-5H3. The van der Waals surface area contributed by atoms with E-state index in [9.17, 15) is 9.59 Å². The normalized spacial score (nSPS) is 19.1. The van der Waals surface area contributed by atoms with Gasteiger partial charge in [-0.15, -0.1) is 0 Å². The van der Waals surface area contributed by atoms with Crippen molar-refractivity contribution in [3.63, 3.8) is 0 Å². The van der Waals surface area contributed by atoms with E-state index < -0.39 is 17.7 Å². The summed E-state index contributed by atoms with van der Waals surface area (Å²) in [6, 6.07) is 5.35. The van der Waals surface area contributed by atoms with Gasteiger partial charge >= 0.3 is 11.9 Å². The monoisotopic (exact) mass is 386 g/mol. The Kier molecular flexibility index (Phi) is 5.13. The molecule has 0 radical (unpaired) electrons. The molecule has 0 unspecified atom stereocenters. The fraction of sp³-hybridized carbons (Fsp3) is 0.350. The van der Waals surface area contributed by atoms with Gasteiger partial charge in [0.25, 0.3) is 5.79 Å². The molecule has 0 amide bonds. The van der Waals surface area contributed by atoms with Gasteiger partial charge in [-0.2, -0.15) is 0 Å². The van der Waals surface area contributed by atoms with Crippen molar-refractivity contribution in [2.45, 2.75) is 39.9 Å². The summed E-state index contributed by atoms with van der Waals surface area (Å²) in [6.45, 7) is 6.97. The summed E-state index contributed by atoms with van der Waals surface area (Å²) >= 11 is 0. The van der Waals surface area contributed by atoms with Crippen LogP contribution in [0.3, 0.4) is 0 Å². The van der Waals surface area contributed by atoms with Crippen LogP contribution in [-0.4, -0.2) is 30.0 Å². The van der Waals surface area contributed by atoms with Crippen LogP contribution in [0.4, 0.5) is 5.69 Å². The van der Waals surface area contributed by atoms with Crippen LogP contribution in [0.5, 0.6) is 5.75 Å². The number of aryl methyl sites for hydroxylation is 2. The van der Waals surface area contributed by atoms with E-state index in [1.807, 2.05) is 19.9 Å². The van der Waals surface area contributed by atoms with Gasteiger partial charge < -0.3 is 24.1 Å². The number of hydrogen-bond donors (Lipinski definition) is 1. The van der Waals surface area contributed by atoms with Crippen molar-refractivity contribution in [2.75, 3.05) is 12.4 Å². The Balaban J connectivity index is 1.90. The SMILES string of the molecule is CCC1(C)OC(=O)C(=CNc2ccc(OC)c(-c3c(C)noc3C)c2)C(=O)O1. The minimum Gasteiger partial charge on any atom is -0.496 e. The van der Waals surface area contributed by atoms with E-state index in [1.54, 1.807) is 33.1 Å². The Morgan fingerprint density at radius 2 is 1.89 bits per heavy atom. The Hall–Kier alpha value is -3.29. The van der Waals surface area contributed by atoms with Crippen LogP contribution in [0.1, 0.15) is 31.7 Å². The lowest BCUT2D eigenvalue weighted by Crippen LogP contribution is -2.43. The van der Waals surface area contributed by atoms with Crippen LogP contribution in [0, 0.1) is 13.8 Å². The molecule has 1 aliphatic heterocycles. The van der Waals surface area contributed by atoms with Crippen LogP contribution in [0.25, 0.3) is 11.1 Å². The minimum absolute atomic E-state index is 0.208. The topological polar surface area (TPSA) is 99.9 Å². The highest BCUT2D eigenvalue weighted by Crippen LogP contribution is 2.36. The highest BCUT2D eigenvalue weighted by Gasteiger charge is 2.41. The summed E-state index contributed by atoms with van der Waals surface area (Å²) in [5, 5.41) is 6.92. The maximum absolute atomic E-state index is 12.2. The number of cyclic esters (lactones) is 2. The molecule has 0 atom stereocenters. The summed E-state index contributed by atoms with van der Waals surface area (Å²) in [4.78, 5) is 24.3. The molecule has 3 rings (SSSR count). The Morgan fingerprint density at radius 3 is 2.43 bits per heavy atom. The van der Waals surface area contributed by atoms with Gasteiger partial charge in [-0.3, -0.25) is 0 Å². The van der Waals surface area contributed by atoms with Gasteiger partial charge in [-0.1, -0.05) is 12.1 Å². The number of methoxy groups -OCH3 is 1. The molecule has 1 N–H and O–H groups in total. The third-order valence-corrected chi connectivity index (χ3v) is 4.58. The molecule has 28 heavy (non-hydrogen) atoms. The van der Waals surface area contributed by atoms with Crippen LogP contribution >= 0.6 is 0 Å². The number of ether oxygens (including phenoxy) is 3. The molecule has 1 aliphatic rings. The fourth-order valence-corrected chi connectivity index (χ4v) is 2.88. The van der Waals surface area contributed by atoms with Crippen molar-refractivity contribution in [1.29, 1.82) is 0 Å². The van der Waals surface area contributed by atoms with Gasteiger partial charge in [0, 0.05) is 30.8 Å². The van der Waals surface area contributed by atoms with Gasteiger partial charge in [-0.05, 0) is 32.0 Å². The van der Waals surface area contributed by atoms with Crippen LogP contribution < -0.4 is 10.1 Å². The molecule has 0 bridgehead atoms. The summed E-state index contributed by atoms with van der Waals surface area (Å²) in [6.07, 6.45) is 1.64. The van der Waals surface area contributed by atoms with Gasteiger partial charge in [0.1, 0.15) is 11.5 Å². The number of aromatic nitrogens is 1. The molecule has 0 saturated carbocycles. The lowest BCUT2D eigenvalue weighted by atomic mass is 10.0. The first-order valence-electron chi connectivity index (χ1n) is 8.82. The molecular weight excluding hydrogens is 364 g/mol. The molecule has 8 nitrogen and oxygen atoms in total. The zero-order valence-electron chi connectivity index (χ0n) is 16.4. The van der Waals surface area contributed by atoms with Gasteiger partial charge in [0.15, 0.2) is 5.57 Å². The quantitative estimate of drug-likeness (QED) is 0.474. The number of hydrogen-bond acceptors (Lipinski definition) is 8. The van der Waals surface area contributed by atoms with E-state index in [-0.39, 0.29) is 5.57 Å². The van der Waals surface area contributed by atoms with Crippen molar-refractivity contribution < 1.29 is 28.3 Å². The predicted octanol–water partition coefficient (Wildman–Crippen LogP) is 3.49. The first-order valence-corrected chi connectivity index (χ1v) is 8.82. The zero-order chi connectivity index (χ0) is 20.5. The second-order valence-corrected chi connectivity index (χ2v) is 6.58. The third-order valence-electron chi connectivity index (χ3n) is 4.58. The number of carbonyl (C=O) groups excluding carboxylic acids is 2. The number of esters is 2. The first kappa shape index (κ1) is 19.5. The number of rotatable bonds is 5. The second kappa shape index (κ2) is 7.38. The van der Waals surface area contributed by atoms with Crippen molar-refractivity contribution >= 4 is 17.6 Å². The van der Waals surface area contributed by atoms with E-state index in [1.165, 1.54) is 6.20 Å². The van der Waals surface area contributed by atoms with Crippen LogP contribution in [-0.2, 0) is 19.1 Å². The minimum atomic E-state index is -1.23. The molecule has 1 saturated heterocycles. The van der Waals surface area contributed by atoms with Gasteiger partial charge in [0.2, 0.25) is 0 Å². The smallest absolute Gasteiger partial charge is 0.350 e. The second-order valence-electron chi connectivity index (χ2n) is 6.58. The number of nitrogens with one attached hydrogen (secondary N) is 1. The lowest BCUT2D eigenvalue weighted by molar-refractivity contribution is -0.229. The van der Waals surface area contributed by atoms with E-state index in [0.29, 0.717) is 23.6 Å². The Labute approximate surface area is 162 Å². The van der Waals surface area contributed by atoms with Crippen molar-refractivity contribution in [2.24, 2.45) is 0 Å². The van der Waals surface area contributed by atoms with Crippen molar-refractivity contribution in [1.82, 2.24) is 5.16 Å². The average molecular weight is 386 g/mol. The molecule has 1 fully saturated rings. The maximum Gasteiger partial charge on any atom is 0.350 e. The fourth-order valence-electron chi connectivity index (χ4n) is 2.88. The number of anilines is 1. The highest BCUT2D eigenvalue weighted by atomic mass is 16.7. The van der Waals surface area contributed by atoms with E-state index >= 15 is 0 Å². The van der Waals surface area contributed by atoms with E-state index in [2.05, 4.69) is 10.5 Å². The van der Waals surface area contributed by atoms with E-state index in [4.69, 9.17) is 18.7 Å². The number of carbonyl (C=O) groups is 2. The number of nitrogens with zero attached hydrogens (tertiary/aromatic N) is 1. The lowest BCUT2D eigenvalue weighted by Gasteiger charge is -2.32. The highest BCUT2D eigenvalue weighted by molar-refractivity contribution is 6.15. The number of benzene rings is 1. The molecule has 1 aromatic heterocycles. The molecule has 2 aromatic rings. The first-order chi connectivity index (χ1) is 13.3. The molecule has 148 valence electrons.